The van der Waals surface area contributed by atoms with E-state index < -0.39 is 11.7 Å². The number of ether oxygens (including phenoxy) is 2. The molecule has 0 aromatic heterocycles. The van der Waals surface area contributed by atoms with E-state index in [2.05, 4.69) is 5.32 Å². The van der Waals surface area contributed by atoms with Crippen LogP contribution in [0.4, 0.5) is 9.18 Å². The fourth-order valence-corrected chi connectivity index (χ4v) is 3.28. The Morgan fingerprint density at radius 3 is 2.70 bits per heavy atom. The molecule has 0 radical (unpaired) electrons. The first-order valence-corrected chi connectivity index (χ1v) is 8.84. The Labute approximate surface area is 150 Å². The van der Waals surface area contributed by atoms with E-state index in [1.165, 1.54) is 0 Å². The van der Waals surface area contributed by atoms with Crippen LogP contribution in [-0.4, -0.2) is 23.8 Å². The number of hydrogen-bond donors (Lipinski definition) is 1. The number of carbonyl (C=O) groups excluding carboxylic acids is 1. The molecule has 23 heavy (non-hydrogen) atoms. The SMILES string of the molecule is Cc1ccc(O[C@@H]2CC[C@H](NC(=O)OC(C)(C)C)C2)c(I)c1F. The highest BCUT2D eigenvalue weighted by Gasteiger charge is 2.29. The van der Waals surface area contributed by atoms with Gasteiger partial charge in [-0.15, -0.1) is 0 Å². The smallest absolute Gasteiger partial charge is 0.407 e. The molecule has 6 heteroatoms. The summed E-state index contributed by atoms with van der Waals surface area (Å²) in [7, 11) is 0. The number of halogens is 2. The molecule has 1 N–H and O–H groups in total. The second-order valence-electron chi connectivity index (χ2n) is 6.90. The molecule has 128 valence electrons. The average Bonchev–Trinajstić information content (AvgIpc) is 2.84. The van der Waals surface area contributed by atoms with E-state index in [-0.39, 0.29) is 18.0 Å². The normalized spacial score (nSPS) is 21.1. The quantitative estimate of drug-likeness (QED) is 0.709. The average molecular weight is 435 g/mol. The molecule has 1 aliphatic rings. The molecule has 1 aromatic rings. The number of rotatable bonds is 3. The summed E-state index contributed by atoms with van der Waals surface area (Å²) in [6.07, 6.45) is 1.93. The maximum atomic E-state index is 13.9. The van der Waals surface area contributed by atoms with Crippen molar-refractivity contribution >= 4 is 28.7 Å². The lowest BCUT2D eigenvalue weighted by molar-refractivity contribution is 0.0503. The summed E-state index contributed by atoms with van der Waals surface area (Å²) in [4.78, 5) is 11.8. The van der Waals surface area contributed by atoms with Crippen LogP contribution in [0.15, 0.2) is 12.1 Å². The number of carbonyl (C=O) groups is 1. The Kier molecular flexibility index (Phi) is 5.75. The van der Waals surface area contributed by atoms with E-state index in [4.69, 9.17) is 9.47 Å². The van der Waals surface area contributed by atoms with Gasteiger partial charge in [-0.05, 0) is 74.8 Å². The van der Waals surface area contributed by atoms with Crippen LogP contribution in [0.3, 0.4) is 0 Å². The molecule has 0 saturated heterocycles. The van der Waals surface area contributed by atoms with Gasteiger partial charge in [0.05, 0.1) is 3.57 Å². The van der Waals surface area contributed by atoms with Crippen LogP contribution in [0, 0.1) is 16.3 Å². The highest BCUT2D eigenvalue weighted by atomic mass is 127. The van der Waals surface area contributed by atoms with Crippen LogP contribution in [0.25, 0.3) is 0 Å². The van der Waals surface area contributed by atoms with E-state index in [9.17, 15) is 9.18 Å². The summed E-state index contributed by atoms with van der Waals surface area (Å²) >= 11 is 1.97. The third-order valence-electron chi connectivity index (χ3n) is 3.64. The lowest BCUT2D eigenvalue weighted by atomic mass is 10.2. The first-order valence-electron chi connectivity index (χ1n) is 7.76. The van der Waals surface area contributed by atoms with Crippen molar-refractivity contribution in [3.63, 3.8) is 0 Å². The van der Waals surface area contributed by atoms with Gasteiger partial charge in [0.25, 0.3) is 0 Å². The van der Waals surface area contributed by atoms with Gasteiger partial charge in [-0.25, -0.2) is 9.18 Å². The molecule has 1 aromatic carbocycles. The van der Waals surface area contributed by atoms with E-state index in [0.29, 0.717) is 21.3 Å². The van der Waals surface area contributed by atoms with Gasteiger partial charge < -0.3 is 14.8 Å². The molecule has 0 spiro atoms. The zero-order valence-corrected chi connectivity index (χ0v) is 16.1. The summed E-state index contributed by atoms with van der Waals surface area (Å²) < 4.78 is 25.6. The molecule has 2 rings (SSSR count). The van der Waals surface area contributed by atoms with Gasteiger partial charge >= 0.3 is 6.09 Å². The number of benzene rings is 1. The van der Waals surface area contributed by atoms with Gasteiger partial charge in [-0.2, -0.15) is 0 Å². The zero-order chi connectivity index (χ0) is 17.2. The fraction of sp³-hybridized carbons (Fsp3) is 0.588. The van der Waals surface area contributed by atoms with Gasteiger partial charge in [0.15, 0.2) is 0 Å². The van der Waals surface area contributed by atoms with Crippen molar-refractivity contribution in [2.24, 2.45) is 0 Å². The van der Waals surface area contributed by atoms with Crippen molar-refractivity contribution < 1.29 is 18.7 Å². The van der Waals surface area contributed by atoms with Crippen molar-refractivity contribution in [2.45, 2.75) is 64.7 Å². The molecule has 2 atom stereocenters. The first kappa shape index (κ1) is 18.3. The number of hydrogen-bond acceptors (Lipinski definition) is 3. The molecule has 0 aliphatic heterocycles. The second kappa shape index (κ2) is 7.23. The zero-order valence-electron chi connectivity index (χ0n) is 13.9. The summed E-state index contributed by atoms with van der Waals surface area (Å²) in [6.45, 7) is 7.24. The largest absolute Gasteiger partial charge is 0.489 e. The van der Waals surface area contributed by atoms with E-state index in [0.717, 1.165) is 12.8 Å². The Morgan fingerprint density at radius 2 is 2.04 bits per heavy atom. The van der Waals surface area contributed by atoms with E-state index >= 15 is 0 Å². The van der Waals surface area contributed by atoms with E-state index in [1.54, 1.807) is 19.1 Å². The van der Waals surface area contributed by atoms with E-state index in [1.807, 2.05) is 43.4 Å². The molecule has 0 bridgehead atoms. The number of aryl methyl sites for hydroxylation is 1. The molecular weight excluding hydrogens is 412 g/mol. The molecule has 1 amide bonds. The molecule has 1 saturated carbocycles. The minimum atomic E-state index is -0.506. The van der Waals surface area contributed by atoms with Crippen LogP contribution in [0.5, 0.6) is 5.75 Å². The number of amides is 1. The van der Waals surface area contributed by atoms with Gasteiger partial charge in [0, 0.05) is 12.5 Å². The summed E-state index contributed by atoms with van der Waals surface area (Å²) in [5.74, 6) is 0.334. The monoisotopic (exact) mass is 435 g/mol. The van der Waals surface area contributed by atoms with Crippen LogP contribution in [0.1, 0.15) is 45.6 Å². The molecule has 4 nitrogen and oxygen atoms in total. The Bertz CT molecular complexity index is 586. The lowest BCUT2D eigenvalue weighted by Crippen LogP contribution is -2.38. The highest BCUT2D eigenvalue weighted by Crippen LogP contribution is 2.30. The topological polar surface area (TPSA) is 47.6 Å². The van der Waals surface area contributed by atoms with Crippen molar-refractivity contribution in [1.29, 1.82) is 0 Å². The Morgan fingerprint density at radius 1 is 1.35 bits per heavy atom. The lowest BCUT2D eigenvalue weighted by Gasteiger charge is -2.22. The minimum Gasteiger partial charge on any atom is -0.489 e. The highest BCUT2D eigenvalue weighted by molar-refractivity contribution is 14.1. The molecule has 1 fully saturated rings. The van der Waals surface area contributed by atoms with Crippen molar-refractivity contribution in [3.8, 4) is 5.75 Å². The third-order valence-corrected chi connectivity index (χ3v) is 4.64. The number of nitrogens with one attached hydrogen (secondary N) is 1. The summed E-state index contributed by atoms with van der Waals surface area (Å²) in [6, 6.07) is 3.55. The van der Waals surface area contributed by atoms with Crippen LogP contribution in [0.2, 0.25) is 0 Å². The molecule has 1 aliphatic carbocycles. The fourth-order valence-electron chi connectivity index (χ4n) is 2.55. The third kappa shape index (κ3) is 5.22. The van der Waals surface area contributed by atoms with Crippen molar-refractivity contribution in [2.75, 3.05) is 0 Å². The van der Waals surface area contributed by atoms with Crippen molar-refractivity contribution in [3.05, 3.63) is 27.1 Å². The van der Waals surface area contributed by atoms with Gasteiger partial charge in [-0.1, -0.05) is 6.07 Å². The predicted molar refractivity (Wildman–Crippen MR) is 95.3 cm³/mol. The molecular formula is C17H23FINO3. The standard InChI is InChI=1S/C17H23FINO3/c1-10-5-8-13(15(19)14(10)18)22-12-7-6-11(9-12)20-16(21)23-17(2,3)4/h5,8,11-12H,6-7,9H2,1-4H3,(H,20,21)/t11-,12+/m0/s1. The first-order chi connectivity index (χ1) is 10.7. The molecule has 0 unspecified atom stereocenters. The number of alkyl carbamates (subject to hydrolysis) is 1. The van der Waals surface area contributed by atoms with Gasteiger partial charge in [0.2, 0.25) is 0 Å². The maximum absolute atomic E-state index is 13.9. The Balaban J connectivity index is 1.89. The maximum Gasteiger partial charge on any atom is 0.407 e. The van der Waals surface area contributed by atoms with Crippen LogP contribution in [-0.2, 0) is 4.74 Å². The van der Waals surface area contributed by atoms with Crippen LogP contribution < -0.4 is 10.1 Å². The van der Waals surface area contributed by atoms with Crippen molar-refractivity contribution in [1.82, 2.24) is 5.32 Å². The summed E-state index contributed by atoms with van der Waals surface area (Å²) in [5, 5.41) is 2.87. The van der Waals surface area contributed by atoms with Gasteiger partial charge in [0.1, 0.15) is 23.3 Å². The Hall–Kier alpha value is -1.05. The second-order valence-corrected chi connectivity index (χ2v) is 7.98. The predicted octanol–water partition coefficient (Wildman–Crippen LogP) is 4.56. The minimum absolute atomic E-state index is 0.0226. The molecule has 0 heterocycles. The van der Waals surface area contributed by atoms with Gasteiger partial charge in [-0.3, -0.25) is 0 Å². The summed E-state index contributed by atoms with van der Waals surface area (Å²) in [5.41, 5.74) is 0.103. The van der Waals surface area contributed by atoms with Crippen LogP contribution >= 0.6 is 22.6 Å².